The molecule has 0 aliphatic carbocycles. The van der Waals surface area contributed by atoms with E-state index in [1.165, 1.54) is 5.39 Å². The first-order valence-electron chi connectivity index (χ1n) is 7.93. The number of nitrogens with one attached hydrogen (secondary N) is 1. The zero-order chi connectivity index (χ0) is 17.8. The van der Waals surface area contributed by atoms with E-state index < -0.39 is 5.97 Å². The Morgan fingerprint density at radius 2 is 1.88 bits per heavy atom. The molecule has 4 nitrogen and oxygen atoms in total. The van der Waals surface area contributed by atoms with Gasteiger partial charge in [-0.05, 0) is 63.5 Å². The highest BCUT2D eigenvalue weighted by molar-refractivity contribution is 9.10. The second kappa shape index (κ2) is 7.57. The summed E-state index contributed by atoms with van der Waals surface area (Å²) in [6.45, 7) is 2.79. The largest absolute Gasteiger partial charge is 0.492 e. The molecule has 0 aromatic heterocycles. The molecular formula is C20H18BrNO3. The number of fused-ring (bicyclic) bond motifs is 1. The lowest BCUT2D eigenvalue weighted by molar-refractivity contribution is 0.0697. The molecule has 0 radical (unpaired) electrons. The molecule has 0 aliphatic heterocycles. The van der Waals surface area contributed by atoms with Crippen molar-refractivity contribution in [3.05, 3.63) is 70.2 Å². The third-order valence-corrected chi connectivity index (χ3v) is 4.48. The minimum absolute atomic E-state index is 0.248. The summed E-state index contributed by atoms with van der Waals surface area (Å²) in [6, 6.07) is 17.6. The van der Waals surface area contributed by atoms with Crippen molar-refractivity contribution in [3.63, 3.8) is 0 Å². The molecule has 3 rings (SSSR count). The zero-order valence-corrected chi connectivity index (χ0v) is 15.3. The number of carboxylic acids is 1. The van der Waals surface area contributed by atoms with Crippen LogP contribution in [0.4, 0.5) is 5.69 Å². The second-order valence-electron chi connectivity index (χ2n) is 5.76. The molecule has 0 amide bonds. The summed E-state index contributed by atoms with van der Waals surface area (Å²) in [6.07, 6.45) is 0. The summed E-state index contributed by atoms with van der Waals surface area (Å²) in [5.41, 5.74) is 1.71. The lowest BCUT2D eigenvalue weighted by Crippen LogP contribution is -2.14. The van der Waals surface area contributed by atoms with Crippen molar-refractivity contribution in [1.29, 1.82) is 0 Å². The van der Waals surface area contributed by atoms with E-state index in [1.807, 2.05) is 49.4 Å². The number of ether oxygens (including phenoxy) is 1. The summed E-state index contributed by atoms with van der Waals surface area (Å²) in [4.78, 5) is 11.4. The molecule has 0 heterocycles. The van der Waals surface area contributed by atoms with Crippen LogP contribution in [0.25, 0.3) is 10.8 Å². The molecule has 3 aromatic carbocycles. The number of hydrogen-bond acceptors (Lipinski definition) is 3. The molecule has 5 heteroatoms. The van der Waals surface area contributed by atoms with Crippen LogP contribution in [0.15, 0.2) is 59.1 Å². The van der Waals surface area contributed by atoms with Gasteiger partial charge in [0, 0.05) is 11.0 Å². The minimum Gasteiger partial charge on any atom is -0.492 e. The Labute approximate surface area is 154 Å². The first kappa shape index (κ1) is 17.3. The van der Waals surface area contributed by atoms with E-state index in [9.17, 15) is 9.90 Å². The van der Waals surface area contributed by atoms with Crippen LogP contribution in [-0.4, -0.2) is 24.2 Å². The fourth-order valence-corrected chi connectivity index (χ4v) is 3.41. The van der Waals surface area contributed by atoms with E-state index in [1.54, 1.807) is 6.07 Å². The number of hydrogen-bond donors (Lipinski definition) is 2. The average Bonchev–Trinajstić information content (AvgIpc) is 2.59. The number of rotatable bonds is 6. The van der Waals surface area contributed by atoms with Gasteiger partial charge in [0.2, 0.25) is 0 Å². The molecule has 0 aliphatic rings. The smallest absolute Gasteiger partial charge is 0.337 e. The highest BCUT2D eigenvalue weighted by Gasteiger charge is 2.13. The number of carbonyl (C=O) groups is 1. The fourth-order valence-electron chi connectivity index (χ4n) is 2.69. The molecule has 2 N–H and O–H groups in total. The SMILES string of the molecule is Cc1cc(Br)c(NCCOc2ccc3ccccc3c2)c(C(=O)O)c1. The molecule has 3 aromatic rings. The van der Waals surface area contributed by atoms with Crippen molar-refractivity contribution in [2.45, 2.75) is 6.92 Å². The molecule has 0 unspecified atom stereocenters. The van der Waals surface area contributed by atoms with Crippen LogP contribution in [0.5, 0.6) is 5.75 Å². The molecule has 0 saturated heterocycles. The van der Waals surface area contributed by atoms with Crippen LogP contribution < -0.4 is 10.1 Å². The van der Waals surface area contributed by atoms with Gasteiger partial charge in [-0.3, -0.25) is 0 Å². The maximum atomic E-state index is 11.4. The van der Waals surface area contributed by atoms with Crippen molar-refractivity contribution in [2.75, 3.05) is 18.5 Å². The number of anilines is 1. The minimum atomic E-state index is -0.956. The van der Waals surface area contributed by atoms with Crippen molar-refractivity contribution in [2.24, 2.45) is 0 Å². The summed E-state index contributed by atoms with van der Waals surface area (Å²) < 4.78 is 6.51. The molecule has 25 heavy (non-hydrogen) atoms. The quantitative estimate of drug-likeness (QED) is 0.566. The maximum Gasteiger partial charge on any atom is 0.337 e. The summed E-state index contributed by atoms with van der Waals surface area (Å²) in [5, 5.41) is 14.8. The number of benzene rings is 3. The van der Waals surface area contributed by atoms with Gasteiger partial charge in [0.25, 0.3) is 0 Å². The van der Waals surface area contributed by atoms with Crippen molar-refractivity contribution < 1.29 is 14.6 Å². The van der Waals surface area contributed by atoms with Gasteiger partial charge < -0.3 is 15.2 Å². The third kappa shape index (κ3) is 4.12. The van der Waals surface area contributed by atoms with Gasteiger partial charge >= 0.3 is 5.97 Å². The Morgan fingerprint density at radius 3 is 2.64 bits per heavy atom. The van der Waals surface area contributed by atoms with Gasteiger partial charge in [-0.2, -0.15) is 0 Å². The van der Waals surface area contributed by atoms with Gasteiger partial charge in [0.15, 0.2) is 0 Å². The van der Waals surface area contributed by atoms with Crippen LogP contribution in [0, 0.1) is 6.92 Å². The summed E-state index contributed by atoms with van der Waals surface area (Å²) >= 11 is 3.42. The summed E-state index contributed by atoms with van der Waals surface area (Å²) in [7, 11) is 0. The van der Waals surface area contributed by atoms with Crippen molar-refractivity contribution in [3.8, 4) is 5.75 Å². The monoisotopic (exact) mass is 399 g/mol. The Bertz CT molecular complexity index is 924. The Morgan fingerprint density at radius 1 is 1.12 bits per heavy atom. The third-order valence-electron chi connectivity index (χ3n) is 3.86. The number of aromatic carboxylic acids is 1. The van der Waals surface area contributed by atoms with E-state index >= 15 is 0 Å². The zero-order valence-electron chi connectivity index (χ0n) is 13.8. The predicted molar refractivity (Wildman–Crippen MR) is 104 cm³/mol. The van der Waals surface area contributed by atoms with E-state index in [0.717, 1.165) is 21.2 Å². The van der Waals surface area contributed by atoms with Crippen molar-refractivity contribution >= 4 is 38.4 Å². The van der Waals surface area contributed by atoms with Crippen LogP contribution in [0.3, 0.4) is 0 Å². The standard InChI is InChI=1S/C20H18BrNO3/c1-13-10-17(20(23)24)19(18(21)11-13)22-8-9-25-16-7-6-14-4-2-3-5-15(14)12-16/h2-7,10-12,22H,8-9H2,1H3,(H,23,24). The normalized spacial score (nSPS) is 10.6. The van der Waals surface area contributed by atoms with Gasteiger partial charge in [0.05, 0.1) is 11.3 Å². The van der Waals surface area contributed by atoms with E-state index in [-0.39, 0.29) is 5.56 Å². The molecule has 0 saturated carbocycles. The number of halogens is 1. The molecule has 0 fully saturated rings. The van der Waals surface area contributed by atoms with E-state index in [4.69, 9.17) is 4.74 Å². The van der Waals surface area contributed by atoms with Crippen LogP contribution in [0.2, 0.25) is 0 Å². The Hall–Kier alpha value is -2.53. The highest BCUT2D eigenvalue weighted by atomic mass is 79.9. The fraction of sp³-hybridized carbons (Fsp3) is 0.150. The number of aryl methyl sites for hydroxylation is 1. The number of carboxylic acid groups (broad SMARTS) is 1. The lowest BCUT2D eigenvalue weighted by Gasteiger charge is -2.13. The van der Waals surface area contributed by atoms with Crippen LogP contribution in [-0.2, 0) is 0 Å². The molecular weight excluding hydrogens is 382 g/mol. The molecule has 0 bridgehead atoms. The van der Waals surface area contributed by atoms with Gasteiger partial charge in [0.1, 0.15) is 12.4 Å². The average molecular weight is 400 g/mol. The van der Waals surface area contributed by atoms with Gasteiger partial charge in [-0.15, -0.1) is 0 Å². The van der Waals surface area contributed by atoms with E-state index in [2.05, 4.69) is 27.3 Å². The first-order valence-corrected chi connectivity index (χ1v) is 8.73. The molecule has 128 valence electrons. The van der Waals surface area contributed by atoms with E-state index in [0.29, 0.717) is 18.8 Å². The lowest BCUT2D eigenvalue weighted by atomic mass is 10.1. The van der Waals surface area contributed by atoms with Crippen LogP contribution in [0.1, 0.15) is 15.9 Å². The first-order chi connectivity index (χ1) is 12.0. The summed E-state index contributed by atoms with van der Waals surface area (Å²) in [5.74, 6) is -0.163. The van der Waals surface area contributed by atoms with Crippen molar-refractivity contribution in [1.82, 2.24) is 0 Å². The second-order valence-corrected chi connectivity index (χ2v) is 6.61. The Balaban J connectivity index is 1.64. The Kier molecular flexibility index (Phi) is 5.24. The van der Waals surface area contributed by atoms with Gasteiger partial charge in [-0.1, -0.05) is 30.3 Å². The van der Waals surface area contributed by atoms with Crippen LogP contribution >= 0.6 is 15.9 Å². The topological polar surface area (TPSA) is 58.6 Å². The van der Waals surface area contributed by atoms with Gasteiger partial charge in [-0.25, -0.2) is 4.79 Å². The predicted octanol–water partition coefficient (Wildman–Crippen LogP) is 5.10. The molecule has 0 spiro atoms. The molecule has 0 atom stereocenters. The highest BCUT2D eigenvalue weighted by Crippen LogP contribution is 2.28. The maximum absolute atomic E-state index is 11.4.